The summed E-state index contributed by atoms with van der Waals surface area (Å²) in [5.74, 6) is 1.27. The van der Waals surface area contributed by atoms with Crippen molar-refractivity contribution in [1.29, 1.82) is 0 Å². The first-order valence-electron chi connectivity index (χ1n) is 10.9. The number of benzene rings is 2. The number of hydrogen-bond acceptors (Lipinski definition) is 5. The fourth-order valence-electron chi connectivity index (χ4n) is 3.55. The molecule has 30 heavy (non-hydrogen) atoms. The molecule has 3 rings (SSSR count). The fraction of sp³-hybridized carbons (Fsp3) is 0.480. The van der Waals surface area contributed by atoms with Crippen LogP contribution in [0.2, 0.25) is 0 Å². The van der Waals surface area contributed by atoms with Crippen molar-refractivity contribution in [2.45, 2.75) is 58.8 Å². The van der Waals surface area contributed by atoms with Gasteiger partial charge in [-0.15, -0.1) is 0 Å². The molecule has 1 aliphatic rings. The second kappa shape index (κ2) is 11.1. The summed E-state index contributed by atoms with van der Waals surface area (Å²) in [6.07, 6.45) is 4.59. The Morgan fingerprint density at radius 2 is 1.70 bits per heavy atom. The Hall–Kier alpha value is -2.37. The van der Waals surface area contributed by atoms with Gasteiger partial charge in [-0.1, -0.05) is 38.3 Å². The Balaban J connectivity index is 1.53. The highest BCUT2D eigenvalue weighted by atomic mass is 16.7. The Morgan fingerprint density at radius 3 is 2.33 bits per heavy atom. The van der Waals surface area contributed by atoms with E-state index in [1.54, 1.807) is 36.4 Å². The molecule has 0 N–H and O–H groups in total. The monoisotopic (exact) mass is 412 g/mol. The molecule has 0 radical (unpaired) electrons. The van der Waals surface area contributed by atoms with Crippen molar-refractivity contribution in [1.82, 2.24) is 0 Å². The zero-order valence-electron chi connectivity index (χ0n) is 18.1. The molecule has 0 aromatic heterocycles. The highest BCUT2D eigenvalue weighted by molar-refractivity contribution is 5.91. The lowest BCUT2D eigenvalue weighted by Crippen LogP contribution is -2.34. The first kappa shape index (κ1) is 22.3. The van der Waals surface area contributed by atoms with Gasteiger partial charge in [0, 0.05) is 11.5 Å². The van der Waals surface area contributed by atoms with Crippen LogP contribution in [0, 0.1) is 5.92 Å². The smallest absolute Gasteiger partial charge is 0.343 e. The van der Waals surface area contributed by atoms with Crippen molar-refractivity contribution in [2.24, 2.45) is 5.92 Å². The summed E-state index contributed by atoms with van der Waals surface area (Å²) in [6.45, 7) is 7.56. The van der Waals surface area contributed by atoms with Gasteiger partial charge in [-0.3, -0.25) is 0 Å². The average Bonchev–Trinajstić information content (AvgIpc) is 2.76. The average molecular weight is 413 g/mol. The zero-order valence-corrected chi connectivity index (χ0v) is 18.1. The molecule has 0 aliphatic carbocycles. The van der Waals surface area contributed by atoms with E-state index in [-0.39, 0.29) is 6.10 Å². The third kappa shape index (κ3) is 6.07. The van der Waals surface area contributed by atoms with Gasteiger partial charge in [0.15, 0.2) is 6.29 Å². The van der Waals surface area contributed by atoms with Gasteiger partial charge >= 0.3 is 5.97 Å². The summed E-state index contributed by atoms with van der Waals surface area (Å²) in [5, 5.41) is 0. The van der Waals surface area contributed by atoms with Crippen LogP contribution in [0.15, 0.2) is 48.5 Å². The van der Waals surface area contributed by atoms with E-state index in [0.717, 1.165) is 17.7 Å². The summed E-state index contributed by atoms with van der Waals surface area (Å²) >= 11 is 0. The van der Waals surface area contributed by atoms with Crippen LogP contribution in [-0.4, -0.2) is 25.3 Å². The molecule has 2 aromatic rings. The van der Waals surface area contributed by atoms with Crippen LogP contribution < -0.4 is 9.47 Å². The lowest BCUT2D eigenvalue weighted by Gasteiger charge is -2.35. The molecule has 3 atom stereocenters. The molecule has 0 amide bonds. The number of rotatable bonds is 9. The van der Waals surface area contributed by atoms with Gasteiger partial charge in [-0.25, -0.2) is 4.79 Å². The lowest BCUT2D eigenvalue weighted by atomic mass is 9.96. The third-order valence-electron chi connectivity index (χ3n) is 5.41. The molecule has 1 heterocycles. The van der Waals surface area contributed by atoms with Gasteiger partial charge in [0.05, 0.1) is 24.9 Å². The second-order valence-corrected chi connectivity index (χ2v) is 7.68. The van der Waals surface area contributed by atoms with E-state index in [1.807, 2.05) is 19.1 Å². The van der Waals surface area contributed by atoms with Crippen molar-refractivity contribution in [3.63, 3.8) is 0 Å². The van der Waals surface area contributed by atoms with E-state index >= 15 is 0 Å². The number of ether oxygens (including phenoxy) is 4. The van der Waals surface area contributed by atoms with E-state index in [1.165, 1.54) is 19.3 Å². The highest BCUT2D eigenvalue weighted by Crippen LogP contribution is 2.31. The molecule has 3 unspecified atom stereocenters. The van der Waals surface area contributed by atoms with Gasteiger partial charge in [-0.05, 0) is 56.7 Å². The molecule has 0 spiro atoms. The predicted molar refractivity (Wildman–Crippen MR) is 116 cm³/mol. The molecule has 1 aliphatic heterocycles. The number of unbranched alkanes of at least 4 members (excludes halogenated alkanes) is 2. The molecule has 2 aromatic carbocycles. The molecule has 5 nitrogen and oxygen atoms in total. The molecule has 1 fully saturated rings. The van der Waals surface area contributed by atoms with Crippen molar-refractivity contribution >= 4 is 5.97 Å². The highest BCUT2D eigenvalue weighted by Gasteiger charge is 2.29. The van der Waals surface area contributed by atoms with E-state index in [4.69, 9.17) is 18.9 Å². The molecule has 0 saturated carbocycles. The molecule has 0 bridgehead atoms. The Kier molecular flexibility index (Phi) is 8.29. The van der Waals surface area contributed by atoms with Gasteiger partial charge < -0.3 is 18.9 Å². The standard InChI is InChI=1S/C25H32O5/c1-4-6-7-8-21-17-28-25(29-18(21)3)20-11-9-19(10-12-20)24(26)30-23-15-13-22(14-16-23)27-5-2/h9-16,18,21,25H,4-8,17H2,1-3H3. The van der Waals surface area contributed by atoms with Crippen molar-refractivity contribution in [3.8, 4) is 11.5 Å². The van der Waals surface area contributed by atoms with Gasteiger partial charge in [0.2, 0.25) is 0 Å². The zero-order chi connectivity index (χ0) is 21.3. The maximum Gasteiger partial charge on any atom is 0.343 e. The predicted octanol–water partition coefficient (Wildman–Crippen LogP) is 5.93. The van der Waals surface area contributed by atoms with E-state index in [2.05, 4.69) is 13.8 Å². The van der Waals surface area contributed by atoms with Crippen LogP contribution in [0.3, 0.4) is 0 Å². The van der Waals surface area contributed by atoms with Crippen LogP contribution >= 0.6 is 0 Å². The Labute approximate surface area is 179 Å². The van der Waals surface area contributed by atoms with Crippen molar-refractivity contribution in [2.75, 3.05) is 13.2 Å². The quantitative estimate of drug-likeness (QED) is 0.290. The van der Waals surface area contributed by atoms with E-state index < -0.39 is 12.3 Å². The molecule has 5 heteroatoms. The molecule has 162 valence electrons. The number of carbonyl (C=O) groups is 1. The largest absolute Gasteiger partial charge is 0.494 e. The molecular formula is C25H32O5. The number of carbonyl (C=O) groups excluding carboxylic acids is 1. The minimum atomic E-state index is -0.402. The lowest BCUT2D eigenvalue weighted by molar-refractivity contribution is -0.237. The Morgan fingerprint density at radius 1 is 1.00 bits per heavy atom. The number of hydrogen-bond donors (Lipinski definition) is 0. The van der Waals surface area contributed by atoms with Crippen LogP contribution in [0.25, 0.3) is 0 Å². The fourth-order valence-corrected chi connectivity index (χ4v) is 3.55. The minimum absolute atomic E-state index is 0.157. The maximum absolute atomic E-state index is 12.4. The summed E-state index contributed by atoms with van der Waals surface area (Å²) < 4.78 is 22.9. The van der Waals surface area contributed by atoms with Crippen molar-refractivity contribution in [3.05, 3.63) is 59.7 Å². The topological polar surface area (TPSA) is 54.0 Å². The molecular weight excluding hydrogens is 380 g/mol. The molecule has 1 saturated heterocycles. The minimum Gasteiger partial charge on any atom is -0.494 e. The SMILES string of the molecule is CCCCCC1COC(c2ccc(C(=O)Oc3ccc(OCC)cc3)cc2)OC1C. The Bertz CT molecular complexity index is 784. The first-order valence-corrected chi connectivity index (χ1v) is 10.9. The van der Waals surface area contributed by atoms with Crippen LogP contribution in [0.4, 0.5) is 0 Å². The second-order valence-electron chi connectivity index (χ2n) is 7.68. The van der Waals surface area contributed by atoms with Crippen LogP contribution in [0.1, 0.15) is 68.7 Å². The summed E-state index contributed by atoms with van der Waals surface area (Å²) in [7, 11) is 0. The summed E-state index contributed by atoms with van der Waals surface area (Å²) in [4.78, 5) is 12.4. The van der Waals surface area contributed by atoms with Crippen LogP contribution in [-0.2, 0) is 9.47 Å². The normalized spacial score (nSPS) is 21.2. The van der Waals surface area contributed by atoms with Gasteiger partial charge in [0.25, 0.3) is 0 Å². The number of esters is 1. The maximum atomic E-state index is 12.4. The third-order valence-corrected chi connectivity index (χ3v) is 5.41. The van der Waals surface area contributed by atoms with E-state index in [0.29, 0.717) is 30.4 Å². The first-order chi connectivity index (χ1) is 14.6. The van der Waals surface area contributed by atoms with Crippen LogP contribution in [0.5, 0.6) is 11.5 Å². The van der Waals surface area contributed by atoms with Crippen molar-refractivity contribution < 1.29 is 23.7 Å². The van der Waals surface area contributed by atoms with E-state index in [9.17, 15) is 4.79 Å². The summed E-state index contributed by atoms with van der Waals surface area (Å²) in [6, 6.07) is 14.2. The van der Waals surface area contributed by atoms with Gasteiger partial charge in [-0.2, -0.15) is 0 Å². The van der Waals surface area contributed by atoms with Gasteiger partial charge in [0.1, 0.15) is 11.5 Å². The summed E-state index contributed by atoms with van der Waals surface area (Å²) in [5.41, 5.74) is 1.39.